The van der Waals surface area contributed by atoms with Gasteiger partial charge < -0.3 is 35.1 Å². The SMILES string of the molecule is Cc1c(COc2cc(OCc3cncc(C#N)c3)c(CN[C@@](C)(CO)C(=O)O)cc2Cl)cccc1-c1cccc(-c2ccc(OCCNC[C@H]3CCC(=O)N3)cc2)c1C. The van der Waals surface area contributed by atoms with E-state index in [0.29, 0.717) is 52.8 Å². The molecule has 1 aliphatic rings. The van der Waals surface area contributed by atoms with Crippen LogP contribution in [-0.2, 0) is 29.3 Å². The highest BCUT2D eigenvalue weighted by Gasteiger charge is 2.32. The Kier molecular flexibility index (Phi) is 14.2. The van der Waals surface area contributed by atoms with E-state index in [1.807, 2.05) is 24.3 Å². The van der Waals surface area contributed by atoms with Crippen LogP contribution in [0, 0.1) is 25.2 Å². The van der Waals surface area contributed by atoms with E-state index in [0.717, 1.165) is 57.7 Å². The molecule has 0 unspecified atom stereocenters. The molecule has 6 rings (SSSR count). The van der Waals surface area contributed by atoms with Gasteiger partial charge >= 0.3 is 5.97 Å². The molecule has 0 saturated carbocycles. The second-order valence-electron chi connectivity index (χ2n) is 14.8. The fourth-order valence-electron chi connectivity index (χ4n) is 6.84. The summed E-state index contributed by atoms with van der Waals surface area (Å²) in [6.07, 6.45) is 4.52. The summed E-state index contributed by atoms with van der Waals surface area (Å²) in [5, 5.41) is 38.3. The number of carbonyl (C=O) groups excluding carboxylic acids is 1. The molecular weight excluding hydrogens is 770 g/mol. The number of halogens is 1. The van der Waals surface area contributed by atoms with Crippen LogP contribution in [0.3, 0.4) is 0 Å². The van der Waals surface area contributed by atoms with Crippen molar-refractivity contribution in [2.24, 2.45) is 0 Å². The number of nitriles is 1. The summed E-state index contributed by atoms with van der Waals surface area (Å²) in [5.41, 5.74) is 7.51. The number of benzene rings is 4. The minimum atomic E-state index is -1.60. The van der Waals surface area contributed by atoms with Crippen molar-refractivity contribution >= 4 is 23.5 Å². The second kappa shape index (κ2) is 19.7. The molecule has 5 N–H and O–H groups in total. The van der Waals surface area contributed by atoms with Crippen LogP contribution in [0.25, 0.3) is 22.3 Å². The van der Waals surface area contributed by atoms with Gasteiger partial charge in [-0.15, -0.1) is 0 Å². The number of rotatable bonds is 19. The molecule has 1 aromatic heterocycles. The number of nitrogens with zero attached hydrogens (tertiary/aromatic N) is 2. The standard InChI is InChI=1S/C46H48ClN5O7/c1-29-34(27-59-43-20-42(58-26-32-18-31(21-48)22-50-23-32)35(19-41(43)47)24-51-46(3,28-53)45(55)56)6-4-8-39(29)40-9-5-7-38(30(40)2)33-10-13-37(14-11-33)57-17-16-49-25-36-12-15-44(54)52-36/h4-11,13-14,18-20,22-23,36,49,51,53H,12,15-17,24-28H2,1-3H3,(H,52,54)(H,55,56)/t36-,46+/m1/s1. The van der Waals surface area contributed by atoms with Gasteiger partial charge in [-0.3, -0.25) is 19.9 Å². The maximum absolute atomic E-state index is 11.9. The van der Waals surface area contributed by atoms with E-state index in [1.165, 1.54) is 13.1 Å². The van der Waals surface area contributed by atoms with Gasteiger partial charge in [-0.2, -0.15) is 5.26 Å². The third-order valence-corrected chi connectivity index (χ3v) is 10.8. The first kappa shape index (κ1) is 42.6. The van der Waals surface area contributed by atoms with Crippen molar-refractivity contribution in [3.63, 3.8) is 0 Å². The van der Waals surface area contributed by atoms with Crippen LogP contribution < -0.4 is 30.2 Å². The normalized spacial score (nSPS) is 14.6. The molecule has 1 aliphatic heterocycles. The molecule has 1 amide bonds. The van der Waals surface area contributed by atoms with Crippen LogP contribution in [-0.4, -0.2) is 65.0 Å². The lowest BCUT2D eigenvalue weighted by atomic mass is 9.89. The van der Waals surface area contributed by atoms with E-state index in [-0.39, 0.29) is 31.7 Å². The second-order valence-corrected chi connectivity index (χ2v) is 15.2. The van der Waals surface area contributed by atoms with Crippen LogP contribution in [0.5, 0.6) is 17.2 Å². The van der Waals surface area contributed by atoms with Crippen molar-refractivity contribution in [1.82, 2.24) is 20.9 Å². The summed E-state index contributed by atoms with van der Waals surface area (Å²) in [6.45, 7) is 7.20. The third-order valence-electron chi connectivity index (χ3n) is 10.5. The number of nitrogens with one attached hydrogen (secondary N) is 3. The monoisotopic (exact) mass is 817 g/mol. The van der Waals surface area contributed by atoms with Gasteiger partial charge in [-0.05, 0) is 90.4 Å². The van der Waals surface area contributed by atoms with Crippen molar-refractivity contribution in [2.75, 3.05) is 26.3 Å². The number of pyridine rings is 1. The summed E-state index contributed by atoms with van der Waals surface area (Å²) in [5.74, 6) is 0.445. The number of carbonyl (C=O) groups is 2. The lowest BCUT2D eigenvalue weighted by molar-refractivity contribution is -0.146. The lowest BCUT2D eigenvalue weighted by Gasteiger charge is -2.25. The summed E-state index contributed by atoms with van der Waals surface area (Å²) >= 11 is 6.77. The maximum atomic E-state index is 11.9. The van der Waals surface area contributed by atoms with E-state index in [4.69, 9.17) is 25.8 Å². The Bertz CT molecular complexity index is 2330. The molecule has 0 aliphatic carbocycles. The van der Waals surface area contributed by atoms with Gasteiger partial charge in [-0.1, -0.05) is 60.1 Å². The van der Waals surface area contributed by atoms with Crippen LogP contribution >= 0.6 is 11.6 Å². The molecule has 4 aromatic carbocycles. The minimum absolute atomic E-state index is 0.0223. The van der Waals surface area contributed by atoms with Crippen LogP contribution in [0.4, 0.5) is 0 Å². The van der Waals surface area contributed by atoms with Crippen molar-refractivity contribution in [3.8, 4) is 45.6 Å². The molecule has 5 aromatic rings. The Hall–Kier alpha value is -5.97. The van der Waals surface area contributed by atoms with Crippen LogP contribution in [0.1, 0.15) is 53.1 Å². The summed E-state index contributed by atoms with van der Waals surface area (Å²) in [6, 6.07) is 27.8. The van der Waals surface area contributed by atoms with Gasteiger partial charge in [0.15, 0.2) is 0 Å². The smallest absolute Gasteiger partial charge is 0.326 e. The molecule has 1 fully saturated rings. The van der Waals surface area contributed by atoms with Crippen molar-refractivity contribution in [2.45, 2.75) is 65.0 Å². The van der Waals surface area contributed by atoms with E-state index < -0.39 is 18.1 Å². The average molecular weight is 818 g/mol. The number of aliphatic carboxylic acids is 1. The molecule has 2 heterocycles. The van der Waals surface area contributed by atoms with Gasteiger partial charge in [0.1, 0.15) is 48.7 Å². The molecule has 0 radical (unpaired) electrons. The number of aromatic nitrogens is 1. The fourth-order valence-corrected chi connectivity index (χ4v) is 7.08. The predicted molar refractivity (Wildman–Crippen MR) is 225 cm³/mol. The van der Waals surface area contributed by atoms with Crippen molar-refractivity contribution in [3.05, 3.63) is 130 Å². The zero-order valence-electron chi connectivity index (χ0n) is 33.3. The topological polar surface area (TPSA) is 175 Å². The Morgan fingerprint density at radius 2 is 1.68 bits per heavy atom. The van der Waals surface area contributed by atoms with Crippen LogP contribution in [0.2, 0.25) is 5.02 Å². The Labute approximate surface area is 349 Å². The van der Waals surface area contributed by atoms with E-state index in [1.54, 1.807) is 24.4 Å². The first-order valence-corrected chi connectivity index (χ1v) is 19.8. The molecule has 2 atom stereocenters. The lowest BCUT2D eigenvalue weighted by Crippen LogP contribution is -2.52. The fraction of sp³-hybridized carbons (Fsp3) is 0.304. The van der Waals surface area contributed by atoms with Gasteiger partial charge in [0.2, 0.25) is 5.91 Å². The largest absolute Gasteiger partial charge is 0.492 e. The average Bonchev–Trinajstić information content (AvgIpc) is 3.67. The summed E-state index contributed by atoms with van der Waals surface area (Å²) < 4.78 is 18.5. The Morgan fingerprint density at radius 3 is 2.39 bits per heavy atom. The van der Waals surface area contributed by atoms with E-state index in [9.17, 15) is 25.1 Å². The molecule has 0 spiro atoms. The van der Waals surface area contributed by atoms with Gasteiger partial charge in [0.25, 0.3) is 0 Å². The Balaban J connectivity index is 1.15. The third kappa shape index (κ3) is 10.8. The zero-order valence-corrected chi connectivity index (χ0v) is 34.1. The molecule has 0 bridgehead atoms. The van der Waals surface area contributed by atoms with E-state index >= 15 is 0 Å². The summed E-state index contributed by atoms with van der Waals surface area (Å²) in [7, 11) is 0. The van der Waals surface area contributed by atoms with E-state index in [2.05, 4.69) is 77.2 Å². The quantitative estimate of drug-likeness (QED) is 0.0549. The van der Waals surface area contributed by atoms with Gasteiger partial charge in [0.05, 0.1) is 17.2 Å². The summed E-state index contributed by atoms with van der Waals surface area (Å²) in [4.78, 5) is 27.4. The number of aliphatic hydroxyl groups is 1. The Morgan fingerprint density at radius 1 is 0.949 bits per heavy atom. The highest BCUT2D eigenvalue weighted by atomic mass is 35.5. The number of ether oxygens (including phenoxy) is 3. The number of carboxylic acid groups (broad SMARTS) is 1. The molecule has 306 valence electrons. The maximum Gasteiger partial charge on any atom is 0.326 e. The molecule has 1 saturated heterocycles. The first-order chi connectivity index (χ1) is 28.5. The number of hydrogen-bond donors (Lipinski definition) is 5. The molecule has 59 heavy (non-hydrogen) atoms. The molecule has 13 heteroatoms. The number of carboxylic acids is 1. The molecule has 12 nitrogen and oxygen atoms in total. The number of aliphatic hydroxyl groups excluding tert-OH is 1. The van der Waals surface area contributed by atoms with Crippen molar-refractivity contribution in [1.29, 1.82) is 5.26 Å². The first-order valence-electron chi connectivity index (χ1n) is 19.4. The number of amides is 1. The highest BCUT2D eigenvalue weighted by molar-refractivity contribution is 6.32. The number of hydrogen-bond acceptors (Lipinski definition) is 10. The highest BCUT2D eigenvalue weighted by Crippen LogP contribution is 2.37. The minimum Gasteiger partial charge on any atom is -0.492 e. The van der Waals surface area contributed by atoms with Crippen molar-refractivity contribution < 1.29 is 34.0 Å². The zero-order chi connectivity index (χ0) is 41.9. The predicted octanol–water partition coefficient (Wildman–Crippen LogP) is 6.89. The van der Waals surface area contributed by atoms with Gasteiger partial charge in [0, 0.05) is 61.7 Å². The molecular formula is C46H48ClN5O7. The van der Waals surface area contributed by atoms with Gasteiger partial charge in [-0.25, -0.2) is 0 Å². The van der Waals surface area contributed by atoms with Crippen LogP contribution in [0.15, 0.2) is 91.3 Å².